The number of fused-ring (bicyclic) bond motifs is 2. The summed E-state index contributed by atoms with van der Waals surface area (Å²) in [6, 6.07) is 24.9. The molecule has 0 aliphatic carbocycles. The Balaban J connectivity index is 0.689. The minimum Gasteiger partial charge on any atom is -0.508 e. The lowest BCUT2D eigenvalue weighted by atomic mass is 9.88. The maximum absolute atomic E-state index is 13.7. The van der Waals surface area contributed by atoms with Crippen molar-refractivity contribution in [3.63, 3.8) is 0 Å². The van der Waals surface area contributed by atoms with Gasteiger partial charge in [0.05, 0.1) is 11.5 Å². The molecule has 2 N–H and O–H groups in total. The molecule has 3 saturated heterocycles. The summed E-state index contributed by atoms with van der Waals surface area (Å²) in [4.78, 5) is 44.9. The van der Waals surface area contributed by atoms with Gasteiger partial charge in [0.15, 0.2) is 5.75 Å². The molecule has 3 amide bonds. The number of aromatic hydroxyl groups is 1. The van der Waals surface area contributed by atoms with Crippen molar-refractivity contribution in [1.29, 1.82) is 0 Å². The van der Waals surface area contributed by atoms with E-state index in [1.807, 2.05) is 36.4 Å². The van der Waals surface area contributed by atoms with Gasteiger partial charge in [-0.2, -0.15) is 0 Å². The Hall–Kier alpha value is -5.30. The number of hydrogen-bond acceptors (Lipinski definition) is 9. The molecule has 4 aliphatic heterocycles. The summed E-state index contributed by atoms with van der Waals surface area (Å²) < 4.78 is 27.2. The third-order valence-electron chi connectivity index (χ3n) is 12.5. The number of rotatable bonds is 12. The monoisotopic (exact) mass is 816 g/mol. The van der Waals surface area contributed by atoms with Crippen LogP contribution in [0.5, 0.6) is 23.0 Å². The summed E-state index contributed by atoms with van der Waals surface area (Å²) in [5.41, 5.74) is 3.80. The first-order chi connectivity index (χ1) is 28.7. The number of ether oxygens (including phenoxy) is 2. The van der Waals surface area contributed by atoms with Crippen LogP contribution in [0.2, 0.25) is 0 Å². The van der Waals surface area contributed by atoms with Crippen LogP contribution in [0.4, 0.5) is 4.39 Å². The van der Waals surface area contributed by atoms with Crippen LogP contribution in [0.1, 0.15) is 72.3 Å². The van der Waals surface area contributed by atoms with E-state index in [9.17, 15) is 23.9 Å². The summed E-state index contributed by atoms with van der Waals surface area (Å²) in [7, 11) is 0. The Morgan fingerprint density at radius 2 is 1.51 bits per heavy atom. The van der Waals surface area contributed by atoms with Crippen molar-refractivity contribution in [3.05, 3.63) is 107 Å². The number of amides is 3. The number of phenols is 1. The molecule has 12 heteroatoms. The second kappa shape index (κ2) is 17.1. The Morgan fingerprint density at radius 3 is 2.24 bits per heavy atom. The zero-order chi connectivity index (χ0) is 40.5. The Kier molecular flexibility index (Phi) is 11.4. The molecule has 10 nitrogen and oxygen atoms in total. The van der Waals surface area contributed by atoms with E-state index in [4.69, 9.17) is 9.47 Å². The Labute approximate surface area is 347 Å². The van der Waals surface area contributed by atoms with Crippen LogP contribution in [-0.2, 0) is 16.1 Å². The lowest BCUT2D eigenvalue weighted by Crippen LogP contribution is -2.52. The molecule has 9 rings (SSSR count). The van der Waals surface area contributed by atoms with Gasteiger partial charge in [-0.1, -0.05) is 24.3 Å². The summed E-state index contributed by atoms with van der Waals surface area (Å²) >= 11 is 1.50. The summed E-state index contributed by atoms with van der Waals surface area (Å²) in [6.45, 7) is 7.66. The van der Waals surface area contributed by atoms with Crippen LogP contribution in [0.25, 0.3) is 20.5 Å². The van der Waals surface area contributed by atoms with Crippen LogP contribution >= 0.6 is 11.3 Å². The van der Waals surface area contributed by atoms with Crippen molar-refractivity contribution in [1.82, 2.24) is 20.0 Å². The van der Waals surface area contributed by atoms with Gasteiger partial charge in [-0.05, 0) is 167 Å². The number of piperidine rings is 3. The predicted molar refractivity (Wildman–Crippen MR) is 226 cm³/mol. The van der Waals surface area contributed by atoms with Crippen LogP contribution in [0.3, 0.4) is 0 Å². The van der Waals surface area contributed by atoms with E-state index in [0.29, 0.717) is 48.5 Å². The Bertz CT molecular complexity index is 2330. The standard InChI is InChI=1S/C47H49FN4O6S/c48-35-5-2-32(3-6-35)45-44(40-13-7-36(53)27-42(40)59-45)58-38-10-8-37(9-11-38)57-29-30-16-22-50(23-17-30)20-1-21-51-24-18-31(19-25-51)33-4-12-39-34(26-33)28-52(47(39)56)41-14-15-43(54)49-46(41)55/h2-13,26-27,30-31,41,53H,1,14-25,28-29H2,(H,49,54,55). The molecule has 0 bridgehead atoms. The van der Waals surface area contributed by atoms with E-state index in [1.54, 1.807) is 29.2 Å². The molecule has 5 heterocycles. The minimum absolute atomic E-state index is 0.115. The molecule has 1 aromatic heterocycles. The van der Waals surface area contributed by atoms with Crippen LogP contribution in [0, 0.1) is 11.7 Å². The van der Waals surface area contributed by atoms with Crippen molar-refractivity contribution < 1.29 is 33.4 Å². The molecule has 5 aromatic rings. The molecule has 1 unspecified atom stereocenters. The highest BCUT2D eigenvalue weighted by Gasteiger charge is 2.39. The molecule has 59 heavy (non-hydrogen) atoms. The normalized spacial score (nSPS) is 19.6. The number of likely N-dealkylation sites (tertiary alicyclic amines) is 2. The number of hydrogen-bond donors (Lipinski definition) is 2. The van der Waals surface area contributed by atoms with Crippen LogP contribution in [0.15, 0.2) is 84.9 Å². The maximum Gasteiger partial charge on any atom is 0.255 e. The number of carbonyl (C=O) groups excluding carboxylic acids is 3. The van der Waals surface area contributed by atoms with Gasteiger partial charge >= 0.3 is 0 Å². The van der Waals surface area contributed by atoms with Gasteiger partial charge in [0.1, 0.15) is 29.1 Å². The van der Waals surface area contributed by atoms with Gasteiger partial charge in [-0.25, -0.2) is 4.39 Å². The smallest absolute Gasteiger partial charge is 0.255 e. The van der Waals surface area contributed by atoms with Crippen molar-refractivity contribution in [2.75, 3.05) is 45.9 Å². The average Bonchev–Trinajstić information content (AvgIpc) is 3.77. The SMILES string of the molecule is O=C1CCC(N2Cc3cc(C4CCN(CCCN5CCC(COc6ccc(Oc7c(-c8ccc(F)cc8)sc8cc(O)ccc78)cc6)CC5)CC4)ccc3C2=O)C(=O)N1. The maximum atomic E-state index is 13.7. The van der Waals surface area contributed by atoms with Crippen LogP contribution in [-0.4, -0.2) is 89.4 Å². The zero-order valence-corrected chi connectivity index (χ0v) is 33.9. The number of nitrogens with zero attached hydrogens (tertiary/aromatic N) is 3. The van der Waals surface area contributed by atoms with Gasteiger partial charge in [0.2, 0.25) is 11.8 Å². The highest BCUT2D eigenvalue weighted by molar-refractivity contribution is 7.22. The van der Waals surface area contributed by atoms with Crippen LogP contribution < -0.4 is 14.8 Å². The van der Waals surface area contributed by atoms with Gasteiger partial charge in [-0.15, -0.1) is 11.3 Å². The molecule has 4 aromatic carbocycles. The molecular formula is C47H49FN4O6S. The van der Waals surface area contributed by atoms with Gasteiger partial charge in [0, 0.05) is 28.6 Å². The van der Waals surface area contributed by atoms with E-state index in [-0.39, 0.29) is 35.7 Å². The fourth-order valence-corrected chi connectivity index (χ4v) is 10.3. The number of phenolic OH excluding ortho intramolecular Hbond substituents is 1. The fourth-order valence-electron chi connectivity index (χ4n) is 9.12. The Morgan fingerprint density at radius 1 is 0.797 bits per heavy atom. The van der Waals surface area contributed by atoms with Crippen molar-refractivity contribution >= 4 is 39.1 Å². The largest absolute Gasteiger partial charge is 0.508 e. The first kappa shape index (κ1) is 39.2. The third-order valence-corrected chi connectivity index (χ3v) is 13.7. The predicted octanol–water partition coefficient (Wildman–Crippen LogP) is 8.33. The number of nitrogens with one attached hydrogen (secondary N) is 1. The minimum atomic E-state index is -0.581. The second-order valence-corrected chi connectivity index (χ2v) is 17.5. The molecular weight excluding hydrogens is 768 g/mol. The first-order valence-corrected chi connectivity index (χ1v) is 21.7. The molecule has 0 radical (unpaired) electrons. The number of halogens is 1. The number of imide groups is 1. The van der Waals surface area contributed by atoms with E-state index in [1.165, 1.54) is 29.0 Å². The van der Waals surface area contributed by atoms with Crippen molar-refractivity contribution in [2.24, 2.45) is 5.92 Å². The fraction of sp³-hybridized carbons (Fsp3) is 0.383. The van der Waals surface area contributed by atoms with Crippen molar-refractivity contribution in [3.8, 4) is 33.4 Å². The highest BCUT2D eigenvalue weighted by atomic mass is 32.1. The highest BCUT2D eigenvalue weighted by Crippen LogP contribution is 2.47. The number of carbonyl (C=O) groups is 3. The van der Waals surface area contributed by atoms with Gasteiger partial charge in [0.25, 0.3) is 5.91 Å². The molecule has 0 spiro atoms. The van der Waals surface area contributed by atoms with E-state index in [2.05, 4.69) is 27.2 Å². The van der Waals surface area contributed by atoms with E-state index < -0.39 is 6.04 Å². The lowest BCUT2D eigenvalue weighted by Gasteiger charge is -2.34. The molecule has 1 atom stereocenters. The van der Waals surface area contributed by atoms with E-state index in [0.717, 1.165) is 103 Å². The van der Waals surface area contributed by atoms with Gasteiger partial charge < -0.3 is 29.3 Å². The molecule has 0 saturated carbocycles. The van der Waals surface area contributed by atoms with Crippen molar-refractivity contribution in [2.45, 2.75) is 63.5 Å². The van der Waals surface area contributed by atoms with E-state index >= 15 is 0 Å². The molecule has 4 aliphatic rings. The third kappa shape index (κ3) is 8.71. The summed E-state index contributed by atoms with van der Waals surface area (Å²) in [5, 5.41) is 13.3. The average molecular weight is 817 g/mol. The number of benzene rings is 4. The second-order valence-electron chi connectivity index (χ2n) is 16.4. The molecule has 3 fully saturated rings. The quantitative estimate of drug-likeness (QED) is 0.121. The summed E-state index contributed by atoms with van der Waals surface area (Å²) in [6.07, 6.45) is 6.24. The lowest BCUT2D eigenvalue weighted by molar-refractivity contribution is -0.136. The zero-order valence-electron chi connectivity index (χ0n) is 33.0. The topological polar surface area (TPSA) is 112 Å². The molecule has 306 valence electrons. The van der Waals surface area contributed by atoms with Gasteiger partial charge in [-0.3, -0.25) is 19.7 Å². The first-order valence-electron chi connectivity index (χ1n) is 20.9. The summed E-state index contributed by atoms with van der Waals surface area (Å²) in [5.74, 6) is 2.28. The number of thiophene rings is 1.